The van der Waals surface area contributed by atoms with Gasteiger partial charge < -0.3 is 19.7 Å². The molecule has 0 aliphatic carbocycles. The van der Waals surface area contributed by atoms with Crippen molar-refractivity contribution in [3.05, 3.63) is 46.2 Å². The molecule has 5 nitrogen and oxygen atoms in total. The molecular weight excluding hydrogens is 348 g/mol. The Hall–Kier alpha value is -2.05. The molecule has 0 aliphatic rings. The Morgan fingerprint density at radius 3 is 2.62 bits per heavy atom. The minimum atomic E-state index is -0.116. The Bertz CT molecular complexity index is 686. The third-order valence-corrected chi connectivity index (χ3v) is 4.68. The molecular formula is C20H28N2O3S. The zero-order chi connectivity index (χ0) is 18.9. The number of hydrogen-bond acceptors (Lipinski definition) is 5. The number of nitrogens with zero attached hydrogens (tertiary/aromatic N) is 1. The first kappa shape index (κ1) is 20.3. The van der Waals surface area contributed by atoms with Crippen LogP contribution in [0.1, 0.15) is 42.2 Å². The highest BCUT2D eigenvalue weighted by atomic mass is 32.1. The van der Waals surface area contributed by atoms with Crippen LogP contribution in [0, 0.1) is 0 Å². The fourth-order valence-corrected chi connectivity index (χ4v) is 3.31. The molecule has 1 heterocycles. The molecule has 0 spiro atoms. The zero-order valence-electron chi connectivity index (χ0n) is 16.0. The van der Waals surface area contributed by atoms with Gasteiger partial charge in [0, 0.05) is 12.1 Å². The van der Waals surface area contributed by atoms with Crippen LogP contribution in [0.4, 0.5) is 0 Å². The fraction of sp³-hybridized carbons (Fsp3) is 0.450. The maximum Gasteiger partial charge on any atom is 0.251 e. The van der Waals surface area contributed by atoms with Gasteiger partial charge in [-0.05, 0) is 68.0 Å². The van der Waals surface area contributed by atoms with Gasteiger partial charge >= 0.3 is 0 Å². The Kier molecular flexibility index (Phi) is 7.94. The lowest BCUT2D eigenvalue weighted by atomic mass is 10.1. The Balaban J connectivity index is 2.07. The van der Waals surface area contributed by atoms with Crippen molar-refractivity contribution in [2.45, 2.75) is 26.3 Å². The standard InChI is InChI=1S/C20H28N2O3S/c1-5-10-25-18-8-7-15(12-19(18)24-6-2)20(23)21-13-17(22(3)4)16-9-11-26-14-16/h7-9,11-12,14,17H,5-6,10,13H2,1-4H3,(H,21,23). The Morgan fingerprint density at radius 2 is 2.00 bits per heavy atom. The molecule has 142 valence electrons. The highest BCUT2D eigenvalue weighted by Crippen LogP contribution is 2.29. The molecule has 1 amide bonds. The highest BCUT2D eigenvalue weighted by molar-refractivity contribution is 7.07. The summed E-state index contributed by atoms with van der Waals surface area (Å²) in [6.45, 7) is 5.65. The third-order valence-electron chi connectivity index (χ3n) is 3.97. The van der Waals surface area contributed by atoms with Crippen LogP contribution in [0.25, 0.3) is 0 Å². The number of likely N-dealkylation sites (N-methyl/N-ethyl adjacent to an activating group) is 1. The molecule has 1 aromatic heterocycles. The number of amides is 1. The third kappa shape index (κ3) is 5.47. The van der Waals surface area contributed by atoms with E-state index in [0.29, 0.717) is 36.8 Å². The number of thiophene rings is 1. The van der Waals surface area contributed by atoms with Gasteiger partial charge in [0.25, 0.3) is 5.91 Å². The van der Waals surface area contributed by atoms with Crippen molar-refractivity contribution >= 4 is 17.2 Å². The molecule has 0 fully saturated rings. The molecule has 26 heavy (non-hydrogen) atoms. The number of hydrogen-bond donors (Lipinski definition) is 1. The summed E-state index contributed by atoms with van der Waals surface area (Å²) in [5, 5.41) is 7.20. The second kappa shape index (κ2) is 10.2. The number of ether oxygens (including phenoxy) is 2. The van der Waals surface area contributed by atoms with E-state index in [9.17, 15) is 4.79 Å². The van der Waals surface area contributed by atoms with Crippen LogP contribution in [-0.2, 0) is 0 Å². The van der Waals surface area contributed by atoms with Crippen molar-refractivity contribution in [2.75, 3.05) is 33.9 Å². The summed E-state index contributed by atoms with van der Waals surface area (Å²) < 4.78 is 11.3. The van der Waals surface area contributed by atoms with Crippen LogP contribution in [0.5, 0.6) is 11.5 Å². The molecule has 1 N–H and O–H groups in total. The first-order valence-corrected chi connectivity index (χ1v) is 9.87. The smallest absolute Gasteiger partial charge is 0.251 e. The number of carbonyl (C=O) groups is 1. The van der Waals surface area contributed by atoms with Crippen molar-refractivity contribution < 1.29 is 14.3 Å². The summed E-state index contributed by atoms with van der Waals surface area (Å²) in [7, 11) is 4.03. The number of nitrogens with one attached hydrogen (secondary N) is 1. The highest BCUT2D eigenvalue weighted by Gasteiger charge is 2.17. The van der Waals surface area contributed by atoms with Crippen LogP contribution in [-0.4, -0.2) is 44.7 Å². The lowest BCUT2D eigenvalue weighted by molar-refractivity contribution is 0.0941. The quantitative estimate of drug-likeness (QED) is 0.682. The molecule has 0 bridgehead atoms. The summed E-state index contributed by atoms with van der Waals surface area (Å²) in [5.74, 6) is 1.17. The average molecular weight is 377 g/mol. The predicted molar refractivity (Wildman–Crippen MR) is 106 cm³/mol. The number of rotatable bonds is 10. The first-order chi connectivity index (χ1) is 12.6. The van der Waals surface area contributed by atoms with Crippen molar-refractivity contribution in [1.29, 1.82) is 0 Å². The average Bonchev–Trinajstić information content (AvgIpc) is 3.15. The van der Waals surface area contributed by atoms with E-state index in [2.05, 4.69) is 34.0 Å². The SMILES string of the molecule is CCCOc1ccc(C(=O)NCC(c2ccsc2)N(C)C)cc1OCC. The summed E-state index contributed by atoms with van der Waals surface area (Å²) in [6.07, 6.45) is 0.919. The van der Waals surface area contributed by atoms with E-state index < -0.39 is 0 Å². The predicted octanol–water partition coefficient (Wildman–Crippen LogP) is 3.97. The van der Waals surface area contributed by atoms with Crippen LogP contribution in [0.2, 0.25) is 0 Å². The van der Waals surface area contributed by atoms with Gasteiger partial charge in [0.1, 0.15) is 0 Å². The van der Waals surface area contributed by atoms with Crippen molar-refractivity contribution in [3.63, 3.8) is 0 Å². The Labute approximate surface area is 159 Å². The van der Waals surface area contributed by atoms with E-state index in [-0.39, 0.29) is 11.9 Å². The second-order valence-electron chi connectivity index (χ2n) is 6.19. The van der Waals surface area contributed by atoms with E-state index in [1.54, 1.807) is 29.5 Å². The fourth-order valence-electron chi connectivity index (χ4n) is 2.60. The summed E-state index contributed by atoms with van der Waals surface area (Å²) in [4.78, 5) is 14.7. The van der Waals surface area contributed by atoms with E-state index in [4.69, 9.17) is 9.47 Å². The Morgan fingerprint density at radius 1 is 1.19 bits per heavy atom. The van der Waals surface area contributed by atoms with Gasteiger partial charge in [0.2, 0.25) is 0 Å². The number of benzene rings is 1. The van der Waals surface area contributed by atoms with Crippen molar-refractivity contribution in [2.24, 2.45) is 0 Å². The van der Waals surface area contributed by atoms with Gasteiger partial charge in [-0.1, -0.05) is 6.92 Å². The van der Waals surface area contributed by atoms with Gasteiger partial charge in [-0.3, -0.25) is 4.79 Å². The van der Waals surface area contributed by atoms with Gasteiger partial charge in [0.15, 0.2) is 11.5 Å². The van der Waals surface area contributed by atoms with Crippen molar-refractivity contribution in [3.8, 4) is 11.5 Å². The summed E-state index contributed by atoms with van der Waals surface area (Å²) in [6, 6.07) is 7.56. The van der Waals surface area contributed by atoms with Gasteiger partial charge in [-0.2, -0.15) is 11.3 Å². The molecule has 0 saturated carbocycles. The van der Waals surface area contributed by atoms with Crippen LogP contribution >= 0.6 is 11.3 Å². The monoisotopic (exact) mass is 376 g/mol. The van der Waals surface area contributed by atoms with Crippen molar-refractivity contribution in [1.82, 2.24) is 10.2 Å². The molecule has 2 aromatic rings. The van der Waals surface area contributed by atoms with Crippen LogP contribution in [0.3, 0.4) is 0 Å². The molecule has 6 heteroatoms. The molecule has 0 saturated heterocycles. The van der Waals surface area contributed by atoms with Gasteiger partial charge in [-0.25, -0.2) is 0 Å². The minimum absolute atomic E-state index is 0.116. The lowest BCUT2D eigenvalue weighted by Gasteiger charge is -2.24. The zero-order valence-corrected chi connectivity index (χ0v) is 16.8. The molecule has 1 atom stereocenters. The second-order valence-corrected chi connectivity index (χ2v) is 6.97. The summed E-state index contributed by atoms with van der Waals surface area (Å²) >= 11 is 1.66. The van der Waals surface area contributed by atoms with E-state index in [1.807, 2.05) is 21.0 Å². The largest absolute Gasteiger partial charge is 0.490 e. The topological polar surface area (TPSA) is 50.8 Å². The van der Waals surface area contributed by atoms with E-state index >= 15 is 0 Å². The molecule has 1 unspecified atom stereocenters. The summed E-state index contributed by atoms with van der Waals surface area (Å²) in [5.41, 5.74) is 1.78. The number of carbonyl (C=O) groups excluding carboxylic acids is 1. The normalized spacial score (nSPS) is 12.0. The van der Waals surface area contributed by atoms with Crippen LogP contribution < -0.4 is 14.8 Å². The molecule has 1 aromatic carbocycles. The molecule has 0 aliphatic heterocycles. The minimum Gasteiger partial charge on any atom is -0.490 e. The maximum atomic E-state index is 12.6. The van der Waals surface area contributed by atoms with Crippen LogP contribution in [0.15, 0.2) is 35.0 Å². The van der Waals surface area contributed by atoms with Gasteiger partial charge in [0.05, 0.1) is 19.3 Å². The lowest BCUT2D eigenvalue weighted by Crippen LogP contribution is -2.34. The molecule has 0 radical (unpaired) electrons. The molecule has 2 rings (SSSR count). The first-order valence-electron chi connectivity index (χ1n) is 8.93. The maximum absolute atomic E-state index is 12.6. The van der Waals surface area contributed by atoms with E-state index in [1.165, 1.54) is 5.56 Å². The van der Waals surface area contributed by atoms with E-state index in [0.717, 1.165) is 6.42 Å². The van der Waals surface area contributed by atoms with Gasteiger partial charge in [-0.15, -0.1) is 0 Å².